The lowest BCUT2D eigenvalue weighted by Gasteiger charge is -2.20. The molecule has 1 atom stereocenters. The average molecular weight is 284 g/mol. The summed E-state index contributed by atoms with van der Waals surface area (Å²) in [6, 6.07) is 0. The Balaban J connectivity index is 4.52. The molecule has 0 saturated carbocycles. The first-order valence-corrected chi connectivity index (χ1v) is 9.02. The van der Waals surface area contributed by atoms with Crippen LogP contribution >= 0.6 is 15.0 Å². The third-order valence-electron chi connectivity index (χ3n) is 2.38. The van der Waals surface area contributed by atoms with Crippen molar-refractivity contribution in [3.63, 3.8) is 0 Å². The zero-order chi connectivity index (χ0) is 13.5. The van der Waals surface area contributed by atoms with Crippen LogP contribution in [0.25, 0.3) is 0 Å². The van der Waals surface area contributed by atoms with E-state index in [1.807, 2.05) is 6.92 Å². The highest BCUT2D eigenvalue weighted by Crippen LogP contribution is 2.62. The summed E-state index contributed by atoms with van der Waals surface area (Å²) in [7, 11) is -2.35. The second-order valence-corrected chi connectivity index (χ2v) is 9.42. The van der Waals surface area contributed by atoms with Crippen molar-refractivity contribution < 1.29 is 22.7 Å². The van der Waals surface area contributed by atoms with Crippen LogP contribution in [0.15, 0.2) is 12.2 Å². The first kappa shape index (κ1) is 17.1. The molecular weight excluding hydrogens is 262 g/mol. The highest BCUT2D eigenvalue weighted by Gasteiger charge is 2.34. The Morgan fingerprint density at radius 1 is 1.12 bits per heavy atom. The Bertz CT molecular complexity index is 332. The molecule has 0 N–H and O–H groups in total. The Kier molecular flexibility index (Phi) is 7.54. The molecule has 102 valence electrons. The van der Waals surface area contributed by atoms with Crippen molar-refractivity contribution in [1.82, 2.24) is 0 Å². The van der Waals surface area contributed by atoms with E-state index in [0.29, 0.717) is 12.6 Å². The predicted octanol–water partition coefficient (Wildman–Crippen LogP) is 3.71. The van der Waals surface area contributed by atoms with Crippen LogP contribution in [0.4, 0.5) is 0 Å². The van der Waals surface area contributed by atoms with E-state index in [1.54, 1.807) is 0 Å². The molecule has 0 rings (SSSR count). The zero-order valence-corrected chi connectivity index (χ0v) is 12.8. The summed E-state index contributed by atoms with van der Waals surface area (Å²) in [4.78, 5) is 0. The van der Waals surface area contributed by atoms with Crippen LogP contribution in [0.2, 0.25) is 0 Å². The quantitative estimate of drug-likeness (QED) is 0.477. The standard InChI is InChI=1S/C10H22O5P2/c1-10(2)7-6-8-16(11,13-3)9-17(12,14-4)15-5/h1,6-9H2,2-5H3. The molecule has 0 saturated heterocycles. The lowest BCUT2D eigenvalue weighted by molar-refractivity contribution is 0.278. The lowest BCUT2D eigenvalue weighted by Crippen LogP contribution is -2.02. The molecule has 0 heterocycles. The van der Waals surface area contributed by atoms with Gasteiger partial charge < -0.3 is 13.6 Å². The van der Waals surface area contributed by atoms with Crippen LogP contribution in [0.5, 0.6) is 0 Å². The van der Waals surface area contributed by atoms with Gasteiger partial charge in [0.1, 0.15) is 5.90 Å². The predicted molar refractivity (Wildman–Crippen MR) is 70.0 cm³/mol. The molecule has 0 fully saturated rings. The van der Waals surface area contributed by atoms with E-state index in [-0.39, 0.29) is 5.90 Å². The van der Waals surface area contributed by atoms with Gasteiger partial charge in [-0.3, -0.25) is 9.13 Å². The van der Waals surface area contributed by atoms with Crippen LogP contribution in [0.1, 0.15) is 19.8 Å². The maximum atomic E-state index is 12.3. The normalized spacial score (nSPS) is 15.5. The van der Waals surface area contributed by atoms with Crippen molar-refractivity contribution in [2.75, 3.05) is 33.4 Å². The van der Waals surface area contributed by atoms with Crippen molar-refractivity contribution in [2.45, 2.75) is 19.8 Å². The van der Waals surface area contributed by atoms with Crippen molar-refractivity contribution >= 4 is 15.0 Å². The van der Waals surface area contributed by atoms with Gasteiger partial charge in [-0.2, -0.15) is 0 Å². The number of rotatable bonds is 9. The van der Waals surface area contributed by atoms with E-state index in [4.69, 9.17) is 13.6 Å². The third-order valence-corrected chi connectivity index (χ3v) is 8.27. The van der Waals surface area contributed by atoms with Crippen LogP contribution in [0, 0.1) is 0 Å². The summed E-state index contributed by atoms with van der Waals surface area (Å²) in [5.41, 5.74) is 1.02. The Morgan fingerprint density at radius 2 is 1.65 bits per heavy atom. The van der Waals surface area contributed by atoms with Crippen LogP contribution in [-0.4, -0.2) is 33.4 Å². The lowest BCUT2D eigenvalue weighted by atomic mass is 10.2. The number of hydrogen-bond acceptors (Lipinski definition) is 5. The minimum absolute atomic E-state index is 0.181. The Morgan fingerprint density at radius 3 is 2.00 bits per heavy atom. The van der Waals surface area contributed by atoms with E-state index >= 15 is 0 Å². The molecule has 7 heteroatoms. The molecule has 0 spiro atoms. The summed E-state index contributed by atoms with van der Waals surface area (Å²) in [5, 5.41) is 0. The molecule has 5 nitrogen and oxygen atoms in total. The van der Waals surface area contributed by atoms with Crippen molar-refractivity contribution in [1.29, 1.82) is 0 Å². The van der Waals surface area contributed by atoms with E-state index in [0.717, 1.165) is 12.0 Å². The highest BCUT2D eigenvalue weighted by molar-refractivity contribution is 7.73. The van der Waals surface area contributed by atoms with Gasteiger partial charge >= 0.3 is 7.60 Å². The number of hydrogen-bond donors (Lipinski definition) is 0. The second kappa shape index (κ2) is 7.50. The first-order valence-electron chi connectivity index (χ1n) is 5.29. The minimum Gasteiger partial charge on any atom is -0.331 e. The van der Waals surface area contributed by atoms with Crippen molar-refractivity contribution in [3.8, 4) is 0 Å². The van der Waals surface area contributed by atoms with Gasteiger partial charge in [0.15, 0.2) is 0 Å². The zero-order valence-electron chi connectivity index (χ0n) is 11.0. The highest BCUT2D eigenvalue weighted by atomic mass is 31.2. The maximum absolute atomic E-state index is 12.3. The molecule has 0 bridgehead atoms. The molecule has 17 heavy (non-hydrogen) atoms. The molecule has 0 aromatic carbocycles. The smallest absolute Gasteiger partial charge is 0.331 e. The molecule has 0 radical (unpaired) electrons. The molecule has 0 amide bonds. The average Bonchev–Trinajstić information content (AvgIpc) is 2.28. The van der Waals surface area contributed by atoms with Gasteiger partial charge in [-0.05, 0) is 19.8 Å². The summed E-state index contributed by atoms with van der Waals surface area (Å²) >= 11 is 0. The van der Waals surface area contributed by atoms with Gasteiger partial charge in [0, 0.05) is 27.5 Å². The number of allylic oxidation sites excluding steroid dienone is 1. The Hall–Kier alpha value is 0.0800. The van der Waals surface area contributed by atoms with Gasteiger partial charge in [-0.1, -0.05) is 5.57 Å². The van der Waals surface area contributed by atoms with Crippen LogP contribution in [-0.2, 0) is 22.7 Å². The molecule has 0 aliphatic rings. The van der Waals surface area contributed by atoms with Crippen molar-refractivity contribution in [3.05, 3.63) is 12.2 Å². The summed E-state index contributed by atoms with van der Waals surface area (Å²) in [6.45, 7) is 5.68. The molecule has 0 aromatic heterocycles. The molecule has 1 unspecified atom stereocenters. The molecule has 0 aliphatic carbocycles. The largest absolute Gasteiger partial charge is 0.339 e. The maximum Gasteiger partial charge on any atom is 0.339 e. The van der Waals surface area contributed by atoms with Gasteiger partial charge in [-0.25, -0.2) is 0 Å². The Labute approximate surface area is 104 Å². The van der Waals surface area contributed by atoms with Crippen molar-refractivity contribution in [2.24, 2.45) is 0 Å². The van der Waals surface area contributed by atoms with Crippen LogP contribution in [0.3, 0.4) is 0 Å². The fourth-order valence-corrected chi connectivity index (χ4v) is 6.33. The summed E-state index contributed by atoms with van der Waals surface area (Å²) < 4.78 is 38.8. The van der Waals surface area contributed by atoms with E-state index in [2.05, 4.69) is 6.58 Å². The van der Waals surface area contributed by atoms with Gasteiger partial charge in [-0.15, -0.1) is 6.58 Å². The van der Waals surface area contributed by atoms with Crippen LogP contribution < -0.4 is 0 Å². The summed E-state index contributed by atoms with van der Waals surface area (Å²) in [5.74, 6) is -0.181. The van der Waals surface area contributed by atoms with Gasteiger partial charge in [0.25, 0.3) is 0 Å². The third kappa shape index (κ3) is 6.54. The molecule has 0 aliphatic heterocycles. The topological polar surface area (TPSA) is 61.8 Å². The monoisotopic (exact) mass is 284 g/mol. The minimum atomic E-state index is -3.29. The first-order chi connectivity index (χ1) is 7.81. The fourth-order valence-electron chi connectivity index (χ4n) is 1.30. The van der Waals surface area contributed by atoms with E-state index < -0.39 is 15.0 Å². The second-order valence-electron chi connectivity index (χ2n) is 3.90. The fraction of sp³-hybridized carbons (Fsp3) is 0.800. The molecular formula is C10H22O5P2. The van der Waals surface area contributed by atoms with Gasteiger partial charge in [0.2, 0.25) is 7.37 Å². The molecule has 0 aromatic rings. The van der Waals surface area contributed by atoms with E-state index in [9.17, 15) is 9.13 Å². The SMILES string of the molecule is C=C(C)CCCP(=O)(CP(=O)(OC)OC)OC. The van der Waals surface area contributed by atoms with E-state index in [1.165, 1.54) is 21.3 Å². The summed E-state index contributed by atoms with van der Waals surface area (Å²) in [6.07, 6.45) is 1.82. The van der Waals surface area contributed by atoms with Gasteiger partial charge in [0.05, 0.1) is 0 Å².